The average molecular weight is 334 g/mol. The number of carbonyl (C=O) groups excluding carboxylic acids is 1. The van der Waals surface area contributed by atoms with E-state index in [4.69, 9.17) is 0 Å². The van der Waals surface area contributed by atoms with Crippen LogP contribution in [0.4, 0.5) is 4.39 Å². The van der Waals surface area contributed by atoms with Crippen LogP contribution >= 0.6 is 11.3 Å². The Labute approximate surface area is 138 Å². The van der Waals surface area contributed by atoms with Crippen LogP contribution in [0.3, 0.4) is 0 Å². The van der Waals surface area contributed by atoms with E-state index < -0.39 is 0 Å². The number of benzene rings is 1. The van der Waals surface area contributed by atoms with Crippen molar-refractivity contribution >= 4 is 17.2 Å². The molecule has 0 bridgehead atoms. The van der Waals surface area contributed by atoms with E-state index in [2.05, 4.69) is 4.98 Å². The average Bonchev–Trinajstić information content (AvgIpc) is 3.03. The summed E-state index contributed by atoms with van der Waals surface area (Å²) < 4.78 is 13.3. The summed E-state index contributed by atoms with van der Waals surface area (Å²) in [6.45, 7) is 0.711. The fourth-order valence-electron chi connectivity index (χ4n) is 2.92. The van der Waals surface area contributed by atoms with Gasteiger partial charge in [0, 0.05) is 17.5 Å². The van der Waals surface area contributed by atoms with Crippen molar-refractivity contribution in [1.29, 1.82) is 0 Å². The standard InChI is InChI=1S/C17H19FN2O2S/c18-13-5-3-4-12(8-13)17-19-14(11-23-17)9-16(22)20-7-2-1-6-15(20)10-21/h3-5,8,11,15,21H,1-2,6-7,9-10H2. The van der Waals surface area contributed by atoms with Crippen molar-refractivity contribution in [2.45, 2.75) is 31.7 Å². The van der Waals surface area contributed by atoms with E-state index in [0.29, 0.717) is 17.2 Å². The Morgan fingerprint density at radius 1 is 1.43 bits per heavy atom. The number of aliphatic hydroxyl groups excluding tert-OH is 1. The van der Waals surface area contributed by atoms with Gasteiger partial charge in [0.15, 0.2) is 0 Å². The third-order valence-electron chi connectivity index (χ3n) is 4.11. The molecule has 1 N–H and O–H groups in total. The highest BCUT2D eigenvalue weighted by Gasteiger charge is 2.26. The van der Waals surface area contributed by atoms with Crippen molar-refractivity contribution in [2.75, 3.05) is 13.2 Å². The SMILES string of the molecule is O=C(Cc1csc(-c2cccc(F)c2)n1)N1CCCCC1CO. The maximum atomic E-state index is 13.3. The van der Waals surface area contributed by atoms with Crippen LogP contribution in [0.15, 0.2) is 29.6 Å². The smallest absolute Gasteiger partial charge is 0.228 e. The van der Waals surface area contributed by atoms with Crippen molar-refractivity contribution in [1.82, 2.24) is 9.88 Å². The summed E-state index contributed by atoms with van der Waals surface area (Å²) in [5.74, 6) is -0.297. The molecule has 1 aliphatic heterocycles. The molecule has 3 rings (SSSR count). The molecule has 1 aliphatic rings. The summed E-state index contributed by atoms with van der Waals surface area (Å²) in [4.78, 5) is 18.7. The van der Waals surface area contributed by atoms with Crippen molar-refractivity contribution < 1.29 is 14.3 Å². The molecule has 2 heterocycles. The number of piperidine rings is 1. The van der Waals surface area contributed by atoms with Crippen LogP contribution in [0, 0.1) is 5.82 Å². The molecule has 2 aromatic rings. The molecule has 0 aliphatic carbocycles. The molecule has 6 heteroatoms. The molecule has 1 amide bonds. The van der Waals surface area contributed by atoms with Gasteiger partial charge in [-0.15, -0.1) is 11.3 Å². The number of amides is 1. The second kappa shape index (κ2) is 7.19. The number of hydrogen-bond acceptors (Lipinski definition) is 4. The lowest BCUT2D eigenvalue weighted by atomic mass is 10.0. The molecule has 0 radical (unpaired) electrons. The molecular formula is C17H19FN2O2S. The summed E-state index contributed by atoms with van der Waals surface area (Å²) >= 11 is 1.41. The summed E-state index contributed by atoms with van der Waals surface area (Å²) in [6.07, 6.45) is 3.11. The van der Waals surface area contributed by atoms with E-state index in [0.717, 1.165) is 24.8 Å². The first kappa shape index (κ1) is 16.1. The number of likely N-dealkylation sites (tertiary alicyclic amines) is 1. The lowest BCUT2D eigenvalue weighted by Gasteiger charge is -2.34. The fraction of sp³-hybridized carbons (Fsp3) is 0.412. The normalized spacial score (nSPS) is 18.2. The molecule has 122 valence electrons. The van der Waals surface area contributed by atoms with Gasteiger partial charge in [-0.25, -0.2) is 9.37 Å². The monoisotopic (exact) mass is 334 g/mol. The highest BCUT2D eigenvalue weighted by atomic mass is 32.1. The van der Waals surface area contributed by atoms with Crippen LogP contribution in [0.25, 0.3) is 10.6 Å². The Bertz CT molecular complexity index is 689. The maximum Gasteiger partial charge on any atom is 0.228 e. The molecule has 23 heavy (non-hydrogen) atoms. The van der Waals surface area contributed by atoms with Gasteiger partial charge in [-0.2, -0.15) is 0 Å². The lowest BCUT2D eigenvalue weighted by Crippen LogP contribution is -2.46. The zero-order valence-electron chi connectivity index (χ0n) is 12.7. The minimum atomic E-state index is -0.297. The molecule has 0 saturated carbocycles. The minimum Gasteiger partial charge on any atom is -0.394 e. The number of hydrogen-bond donors (Lipinski definition) is 1. The van der Waals surface area contributed by atoms with E-state index >= 15 is 0 Å². The van der Waals surface area contributed by atoms with E-state index in [-0.39, 0.29) is 30.8 Å². The van der Waals surface area contributed by atoms with Crippen molar-refractivity contribution in [3.63, 3.8) is 0 Å². The van der Waals surface area contributed by atoms with Gasteiger partial charge >= 0.3 is 0 Å². The van der Waals surface area contributed by atoms with E-state index in [9.17, 15) is 14.3 Å². The number of rotatable bonds is 4. The summed E-state index contributed by atoms with van der Waals surface area (Å²) in [5.41, 5.74) is 1.42. The van der Waals surface area contributed by atoms with Gasteiger partial charge in [-0.3, -0.25) is 4.79 Å². The number of carbonyl (C=O) groups is 1. The maximum absolute atomic E-state index is 13.3. The Morgan fingerprint density at radius 2 is 2.30 bits per heavy atom. The zero-order valence-corrected chi connectivity index (χ0v) is 13.6. The molecule has 1 aromatic heterocycles. The third kappa shape index (κ3) is 3.76. The second-order valence-corrected chi connectivity index (χ2v) is 6.61. The largest absolute Gasteiger partial charge is 0.394 e. The predicted octanol–water partition coefficient (Wildman–Crippen LogP) is 2.87. The molecule has 0 spiro atoms. The fourth-order valence-corrected chi connectivity index (χ4v) is 3.73. The Morgan fingerprint density at radius 3 is 3.09 bits per heavy atom. The van der Waals surface area contributed by atoms with Crippen LogP contribution < -0.4 is 0 Å². The number of aliphatic hydroxyl groups is 1. The molecule has 1 atom stereocenters. The van der Waals surface area contributed by atoms with Gasteiger partial charge < -0.3 is 10.0 Å². The topological polar surface area (TPSA) is 53.4 Å². The van der Waals surface area contributed by atoms with Crippen LogP contribution in [0.5, 0.6) is 0 Å². The van der Waals surface area contributed by atoms with Crippen LogP contribution in [0.2, 0.25) is 0 Å². The number of thiazole rings is 1. The predicted molar refractivity (Wildman–Crippen MR) is 87.6 cm³/mol. The van der Waals surface area contributed by atoms with E-state index in [1.54, 1.807) is 17.0 Å². The van der Waals surface area contributed by atoms with Gasteiger partial charge in [0.1, 0.15) is 10.8 Å². The zero-order chi connectivity index (χ0) is 16.2. The molecule has 1 saturated heterocycles. The Balaban J connectivity index is 1.70. The third-order valence-corrected chi connectivity index (χ3v) is 5.05. The van der Waals surface area contributed by atoms with Gasteiger partial charge in [-0.1, -0.05) is 12.1 Å². The van der Waals surface area contributed by atoms with Gasteiger partial charge in [0.05, 0.1) is 24.8 Å². The highest BCUT2D eigenvalue weighted by Crippen LogP contribution is 2.25. The minimum absolute atomic E-state index is 0.000146. The van der Waals surface area contributed by atoms with E-state index in [1.807, 2.05) is 5.38 Å². The first-order chi connectivity index (χ1) is 11.2. The first-order valence-electron chi connectivity index (χ1n) is 7.78. The summed E-state index contributed by atoms with van der Waals surface area (Å²) in [7, 11) is 0. The highest BCUT2D eigenvalue weighted by molar-refractivity contribution is 7.13. The van der Waals surface area contributed by atoms with Crippen molar-refractivity contribution in [3.05, 3.63) is 41.2 Å². The summed E-state index contributed by atoms with van der Waals surface area (Å²) in [6, 6.07) is 6.22. The molecule has 1 aromatic carbocycles. The van der Waals surface area contributed by atoms with Crippen LogP contribution in [-0.4, -0.2) is 40.1 Å². The quantitative estimate of drug-likeness (QED) is 0.935. The first-order valence-corrected chi connectivity index (χ1v) is 8.66. The lowest BCUT2D eigenvalue weighted by molar-refractivity contribution is -0.135. The van der Waals surface area contributed by atoms with Crippen LogP contribution in [-0.2, 0) is 11.2 Å². The molecule has 1 fully saturated rings. The van der Waals surface area contributed by atoms with Crippen molar-refractivity contribution in [3.8, 4) is 10.6 Å². The van der Waals surface area contributed by atoms with Gasteiger partial charge in [0.25, 0.3) is 0 Å². The Hall–Kier alpha value is -1.79. The van der Waals surface area contributed by atoms with Gasteiger partial charge in [-0.05, 0) is 31.4 Å². The second-order valence-electron chi connectivity index (χ2n) is 5.75. The van der Waals surface area contributed by atoms with Gasteiger partial charge in [0.2, 0.25) is 5.91 Å². The van der Waals surface area contributed by atoms with Crippen LogP contribution in [0.1, 0.15) is 25.0 Å². The Kier molecular flexibility index (Phi) is 5.03. The van der Waals surface area contributed by atoms with E-state index in [1.165, 1.54) is 23.5 Å². The molecular weight excluding hydrogens is 315 g/mol. The molecule has 4 nitrogen and oxygen atoms in total. The molecule has 1 unspecified atom stereocenters. The number of halogens is 1. The number of aromatic nitrogens is 1. The number of nitrogens with zero attached hydrogens (tertiary/aromatic N) is 2. The van der Waals surface area contributed by atoms with Crippen molar-refractivity contribution in [2.24, 2.45) is 0 Å². The summed E-state index contributed by atoms with van der Waals surface area (Å²) in [5, 5.41) is 12.0.